The molecule has 2 aromatic rings. The minimum absolute atomic E-state index is 0.0140. The van der Waals surface area contributed by atoms with E-state index >= 15 is 0 Å². The molecule has 158 valence electrons. The SMILES string of the molecule is CC(C)(C)c1nnnn1CC(=O)N1CCN(S(=O)(=O)c2ccc(F)c(Cl)c2)CC1. The number of aromatic nitrogens is 4. The predicted molar refractivity (Wildman–Crippen MR) is 103 cm³/mol. The maximum absolute atomic E-state index is 13.3. The van der Waals surface area contributed by atoms with Crippen LogP contribution >= 0.6 is 11.6 Å². The second kappa shape index (κ2) is 7.96. The first kappa shape index (κ1) is 21.6. The first-order valence-corrected chi connectivity index (χ1v) is 10.8. The Morgan fingerprint density at radius 2 is 1.86 bits per heavy atom. The molecule has 0 saturated carbocycles. The molecule has 29 heavy (non-hydrogen) atoms. The van der Waals surface area contributed by atoms with Crippen molar-refractivity contribution in [3.63, 3.8) is 0 Å². The van der Waals surface area contributed by atoms with E-state index in [-0.39, 0.29) is 54.0 Å². The van der Waals surface area contributed by atoms with Crippen molar-refractivity contribution in [3.8, 4) is 0 Å². The number of rotatable bonds is 4. The summed E-state index contributed by atoms with van der Waals surface area (Å²) < 4.78 is 41.6. The van der Waals surface area contributed by atoms with E-state index in [0.29, 0.717) is 5.82 Å². The van der Waals surface area contributed by atoms with E-state index < -0.39 is 15.8 Å². The summed E-state index contributed by atoms with van der Waals surface area (Å²) >= 11 is 5.71. The Morgan fingerprint density at radius 1 is 1.21 bits per heavy atom. The van der Waals surface area contributed by atoms with Crippen molar-refractivity contribution in [2.75, 3.05) is 26.2 Å². The van der Waals surface area contributed by atoms with Gasteiger partial charge >= 0.3 is 0 Å². The number of hydrogen-bond acceptors (Lipinski definition) is 6. The van der Waals surface area contributed by atoms with Crippen LogP contribution in [0, 0.1) is 5.82 Å². The Balaban J connectivity index is 1.65. The maximum atomic E-state index is 13.3. The van der Waals surface area contributed by atoms with Crippen LogP contribution in [0.1, 0.15) is 26.6 Å². The van der Waals surface area contributed by atoms with Gasteiger partial charge in [-0.2, -0.15) is 4.31 Å². The van der Waals surface area contributed by atoms with E-state index in [9.17, 15) is 17.6 Å². The lowest BCUT2D eigenvalue weighted by molar-refractivity contribution is -0.133. The highest BCUT2D eigenvalue weighted by atomic mass is 35.5. The fraction of sp³-hybridized carbons (Fsp3) is 0.529. The largest absolute Gasteiger partial charge is 0.338 e. The zero-order chi connectivity index (χ0) is 21.4. The van der Waals surface area contributed by atoms with Gasteiger partial charge < -0.3 is 4.90 Å². The molecule has 2 heterocycles. The van der Waals surface area contributed by atoms with Crippen molar-refractivity contribution in [1.29, 1.82) is 0 Å². The number of halogens is 2. The zero-order valence-electron chi connectivity index (χ0n) is 16.3. The van der Waals surface area contributed by atoms with Gasteiger partial charge in [0.15, 0.2) is 5.82 Å². The van der Waals surface area contributed by atoms with Crippen molar-refractivity contribution in [3.05, 3.63) is 34.9 Å². The predicted octanol–water partition coefficient (Wildman–Crippen LogP) is 1.30. The van der Waals surface area contributed by atoms with E-state index in [0.717, 1.165) is 12.1 Å². The van der Waals surface area contributed by atoms with Crippen molar-refractivity contribution in [1.82, 2.24) is 29.4 Å². The fourth-order valence-electron chi connectivity index (χ4n) is 3.04. The standard InChI is InChI=1S/C17H22ClFN6O3S/c1-17(2,3)16-20-21-22-25(16)11-15(26)23-6-8-24(9-7-23)29(27,28)12-4-5-14(19)13(18)10-12/h4-5,10H,6-9,11H2,1-3H3. The third kappa shape index (κ3) is 4.57. The molecular formula is C17H22ClFN6O3S. The number of sulfonamides is 1. The molecule has 9 nitrogen and oxygen atoms in total. The third-order valence-corrected chi connectivity index (χ3v) is 6.79. The van der Waals surface area contributed by atoms with Gasteiger partial charge in [-0.1, -0.05) is 32.4 Å². The van der Waals surface area contributed by atoms with E-state index in [1.807, 2.05) is 20.8 Å². The molecule has 1 aliphatic heterocycles. The number of benzene rings is 1. The zero-order valence-corrected chi connectivity index (χ0v) is 17.9. The maximum Gasteiger partial charge on any atom is 0.244 e. The van der Waals surface area contributed by atoms with Crippen molar-refractivity contribution < 1.29 is 17.6 Å². The van der Waals surface area contributed by atoms with E-state index in [2.05, 4.69) is 15.5 Å². The summed E-state index contributed by atoms with van der Waals surface area (Å²) in [6, 6.07) is 3.29. The van der Waals surface area contributed by atoms with E-state index in [1.54, 1.807) is 4.90 Å². The third-order valence-electron chi connectivity index (χ3n) is 4.61. The molecular weight excluding hydrogens is 423 g/mol. The van der Waals surface area contributed by atoms with Crippen LogP contribution in [0.2, 0.25) is 5.02 Å². The van der Waals surface area contributed by atoms with Crippen LogP contribution in [0.15, 0.2) is 23.1 Å². The average molecular weight is 445 g/mol. The van der Waals surface area contributed by atoms with Gasteiger partial charge in [0.05, 0.1) is 9.92 Å². The summed E-state index contributed by atoms with van der Waals surface area (Å²) in [4.78, 5) is 14.1. The summed E-state index contributed by atoms with van der Waals surface area (Å²) in [5.41, 5.74) is -0.313. The average Bonchev–Trinajstić information content (AvgIpc) is 3.12. The molecule has 1 amide bonds. The van der Waals surface area contributed by atoms with Crippen LogP contribution in [0.5, 0.6) is 0 Å². The Hall–Kier alpha value is -2.11. The van der Waals surface area contributed by atoms with Gasteiger partial charge in [0.25, 0.3) is 0 Å². The number of nitrogens with zero attached hydrogens (tertiary/aromatic N) is 6. The summed E-state index contributed by atoms with van der Waals surface area (Å²) in [5.74, 6) is -0.275. The highest BCUT2D eigenvalue weighted by Crippen LogP contribution is 2.23. The summed E-state index contributed by atoms with van der Waals surface area (Å²) in [6.07, 6.45) is 0. The highest BCUT2D eigenvalue weighted by molar-refractivity contribution is 7.89. The second-order valence-electron chi connectivity index (χ2n) is 7.77. The number of hydrogen-bond donors (Lipinski definition) is 0. The summed E-state index contributed by atoms with van der Waals surface area (Å²) in [7, 11) is -3.82. The van der Waals surface area contributed by atoms with Gasteiger partial charge in [0.1, 0.15) is 12.4 Å². The molecule has 1 aliphatic rings. The molecule has 0 N–H and O–H groups in total. The smallest absolute Gasteiger partial charge is 0.244 e. The second-order valence-corrected chi connectivity index (χ2v) is 10.1. The van der Waals surface area contributed by atoms with Crippen molar-refractivity contribution in [2.45, 2.75) is 37.6 Å². The molecule has 0 aliphatic carbocycles. The molecule has 0 atom stereocenters. The number of amides is 1. The van der Waals surface area contributed by atoms with Gasteiger partial charge in [-0.3, -0.25) is 4.79 Å². The molecule has 1 fully saturated rings. The Bertz CT molecular complexity index is 1010. The topological polar surface area (TPSA) is 101 Å². The first-order chi connectivity index (χ1) is 13.5. The van der Waals surface area contributed by atoms with Crippen LogP contribution in [0.3, 0.4) is 0 Å². The molecule has 12 heteroatoms. The normalized spacial score (nSPS) is 16.2. The Labute approximate surface area is 173 Å². The summed E-state index contributed by atoms with van der Waals surface area (Å²) in [5, 5.41) is 11.3. The molecule has 0 unspecified atom stereocenters. The summed E-state index contributed by atoms with van der Waals surface area (Å²) in [6.45, 7) is 6.57. The molecule has 0 spiro atoms. The molecule has 3 rings (SSSR count). The van der Waals surface area contributed by atoms with Crippen LogP contribution in [0.25, 0.3) is 0 Å². The van der Waals surface area contributed by atoms with E-state index in [4.69, 9.17) is 11.6 Å². The molecule has 1 aromatic heterocycles. The quantitative estimate of drug-likeness (QED) is 0.704. The molecule has 0 bridgehead atoms. The van der Waals surface area contributed by atoms with Gasteiger partial charge in [-0.05, 0) is 28.6 Å². The Kier molecular flexibility index (Phi) is 5.93. The lowest BCUT2D eigenvalue weighted by atomic mass is 9.96. The van der Waals surface area contributed by atoms with Crippen LogP contribution in [-0.4, -0.2) is 69.9 Å². The lowest BCUT2D eigenvalue weighted by Gasteiger charge is -2.34. The van der Waals surface area contributed by atoms with Crippen molar-refractivity contribution in [2.24, 2.45) is 0 Å². The van der Waals surface area contributed by atoms with E-state index in [1.165, 1.54) is 15.1 Å². The number of tetrazole rings is 1. The molecule has 0 radical (unpaired) electrons. The first-order valence-electron chi connectivity index (χ1n) is 9.00. The molecule has 1 saturated heterocycles. The lowest BCUT2D eigenvalue weighted by Crippen LogP contribution is -2.51. The highest BCUT2D eigenvalue weighted by Gasteiger charge is 2.31. The number of carbonyl (C=O) groups excluding carboxylic acids is 1. The van der Waals surface area contributed by atoms with Gasteiger partial charge in [-0.25, -0.2) is 17.5 Å². The minimum Gasteiger partial charge on any atom is -0.338 e. The minimum atomic E-state index is -3.82. The molecule has 1 aromatic carbocycles. The van der Waals surface area contributed by atoms with Gasteiger partial charge in [0.2, 0.25) is 15.9 Å². The van der Waals surface area contributed by atoms with Crippen LogP contribution < -0.4 is 0 Å². The number of carbonyl (C=O) groups is 1. The fourth-order valence-corrected chi connectivity index (χ4v) is 4.73. The van der Waals surface area contributed by atoms with Gasteiger partial charge in [0, 0.05) is 31.6 Å². The Morgan fingerprint density at radius 3 is 2.45 bits per heavy atom. The van der Waals surface area contributed by atoms with Gasteiger partial charge in [-0.15, -0.1) is 5.10 Å². The monoisotopic (exact) mass is 444 g/mol. The van der Waals surface area contributed by atoms with Crippen LogP contribution in [0.4, 0.5) is 4.39 Å². The number of piperazine rings is 1. The van der Waals surface area contributed by atoms with Crippen LogP contribution in [-0.2, 0) is 26.8 Å². The van der Waals surface area contributed by atoms with Crippen molar-refractivity contribution >= 4 is 27.5 Å².